The van der Waals surface area contributed by atoms with Gasteiger partial charge in [0.15, 0.2) is 0 Å². The fourth-order valence-electron chi connectivity index (χ4n) is 7.34. The third-order valence-corrected chi connectivity index (χ3v) is 9.76. The Bertz CT molecular complexity index is 912. The molecular formula is C32H46N4O4. The van der Waals surface area contributed by atoms with Crippen molar-refractivity contribution in [2.24, 2.45) is 23.7 Å². The SMILES string of the molecule is O=C(C1CCCCC1)N(C(=O)C1CCCCC1)c1ccnc(N(C(=O)C2CCCCC2)C(=O)C2CCCCC2)n1. The van der Waals surface area contributed by atoms with Crippen molar-refractivity contribution in [1.29, 1.82) is 0 Å². The zero-order valence-electron chi connectivity index (χ0n) is 24.0. The number of anilines is 2. The lowest BCUT2D eigenvalue weighted by Crippen LogP contribution is -2.47. The Balaban J connectivity index is 1.49. The molecule has 0 radical (unpaired) electrons. The average Bonchev–Trinajstić information content (AvgIpc) is 3.03. The molecule has 8 nitrogen and oxygen atoms in total. The first-order valence-corrected chi connectivity index (χ1v) is 16.1. The summed E-state index contributed by atoms with van der Waals surface area (Å²) in [4.78, 5) is 67.3. The number of nitrogens with zero attached hydrogens (tertiary/aromatic N) is 4. The van der Waals surface area contributed by atoms with Gasteiger partial charge < -0.3 is 0 Å². The van der Waals surface area contributed by atoms with Gasteiger partial charge in [0.25, 0.3) is 0 Å². The highest BCUT2D eigenvalue weighted by Crippen LogP contribution is 2.34. The molecule has 4 aliphatic carbocycles. The van der Waals surface area contributed by atoms with E-state index < -0.39 is 0 Å². The van der Waals surface area contributed by atoms with Crippen molar-refractivity contribution < 1.29 is 19.2 Å². The number of imide groups is 2. The molecule has 0 atom stereocenters. The quantitative estimate of drug-likeness (QED) is 0.374. The second kappa shape index (κ2) is 13.8. The van der Waals surface area contributed by atoms with E-state index in [1.165, 1.54) is 16.0 Å². The minimum Gasteiger partial charge on any atom is -0.274 e. The number of hydrogen-bond donors (Lipinski definition) is 0. The summed E-state index contributed by atoms with van der Waals surface area (Å²) in [6.45, 7) is 0. The molecule has 0 bridgehead atoms. The van der Waals surface area contributed by atoms with Crippen LogP contribution in [0, 0.1) is 23.7 Å². The Morgan fingerprint density at radius 2 is 0.825 bits per heavy atom. The van der Waals surface area contributed by atoms with Crippen LogP contribution in [-0.4, -0.2) is 33.6 Å². The van der Waals surface area contributed by atoms with Crippen molar-refractivity contribution in [3.63, 3.8) is 0 Å². The van der Waals surface area contributed by atoms with E-state index in [9.17, 15) is 19.2 Å². The van der Waals surface area contributed by atoms with Gasteiger partial charge in [0.2, 0.25) is 29.6 Å². The van der Waals surface area contributed by atoms with E-state index in [4.69, 9.17) is 4.98 Å². The first-order chi connectivity index (χ1) is 19.5. The van der Waals surface area contributed by atoms with Crippen molar-refractivity contribution in [2.45, 2.75) is 128 Å². The normalized spacial score (nSPS) is 22.0. The van der Waals surface area contributed by atoms with Crippen LogP contribution in [0.25, 0.3) is 0 Å². The number of carbonyl (C=O) groups is 4. The van der Waals surface area contributed by atoms with E-state index in [2.05, 4.69) is 4.98 Å². The maximum Gasteiger partial charge on any atom is 0.241 e. The van der Waals surface area contributed by atoms with Crippen LogP contribution in [-0.2, 0) is 19.2 Å². The molecular weight excluding hydrogens is 504 g/mol. The highest BCUT2D eigenvalue weighted by atomic mass is 16.2. The third-order valence-electron chi connectivity index (χ3n) is 9.76. The Kier molecular flexibility index (Phi) is 9.97. The summed E-state index contributed by atoms with van der Waals surface area (Å²) >= 11 is 0. The molecule has 218 valence electrons. The smallest absolute Gasteiger partial charge is 0.241 e. The van der Waals surface area contributed by atoms with Gasteiger partial charge in [-0.3, -0.25) is 19.2 Å². The number of rotatable bonds is 6. The number of carbonyl (C=O) groups excluding carboxylic acids is 4. The molecule has 4 aliphatic rings. The second-order valence-corrected chi connectivity index (χ2v) is 12.6. The van der Waals surface area contributed by atoms with Crippen LogP contribution in [0.1, 0.15) is 128 Å². The molecule has 1 heterocycles. The monoisotopic (exact) mass is 550 g/mol. The topological polar surface area (TPSA) is 101 Å². The van der Waals surface area contributed by atoms with Crippen molar-refractivity contribution in [2.75, 3.05) is 9.80 Å². The standard InChI is InChI=1S/C32H46N4O4/c37-28(23-13-5-1-6-14-23)35(29(38)24-15-7-2-8-16-24)27-21-22-33-32(34-27)36(30(39)25-17-9-3-10-18-25)31(40)26-19-11-4-12-20-26/h21-26H,1-20H2. The molecule has 40 heavy (non-hydrogen) atoms. The molecule has 1 aromatic heterocycles. The zero-order chi connectivity index (χ0) is 27.9. The predicted octanol–water partition coefficient (Wildman–Crippen LogP) is 6.52. The van der Waals surface area contributed by atoms with Gasteiger partial charge in [-0.1, -0.05) is 77.0 Å². The molecule has 0 unspecified atom stereocenters. The fourth-order valence-corrected chi connectivity index (χ4v) is 7.34. The van der Waals surface area contributed by atoms with E-state index >= 15 is 0 Å². The van der Waals surface area contributed by atoms with Gasteiger partial charge in [-0.2, -0.15) is 4.98 Å². The van der Waals surface area contributed by atoms with Gasteiger partial charge in [-0.15, -0.1) is 0 Å². The number of aromatic nitrogens is 2. The summed E-state index contributed by atoms with van der Waals surface area (Å²) in [6, 6.07) is 1.60. The summed E-state index contributed by atoms with van der Waals surface area (Å²) in [5, 5.41) is 0. The van der Waals surface area contributed by atoms with Gasteiger partial charge in [-0.25, -0.2) is 14.8 Å². The minimum atomic E-state index is -0.226. The Labute approximate surface area is 238 Å². The largest absolute Gasteiger partial charge is 0.274 e. The van der Waals surface area contributed by atoms with Crippen LogP contribution in [0.4, 0.5) is 11.8 Å². The number of hydrogen-bond acceptors (Lipinski definition) is 6. The average molecular weight is 551 g/mol. The Morgan fingerprint density at radius 3 is 1.18 bits per heavy atom. The summed E-state index contributed by atoms with van der Waals surface area (Å²) in [5.41, 5.74) is 0. The molecule has 4 saturated carbocycles. The van der Waals surface area contributed by atoms with Crippen molar-refractivity contribution in [3.05, 3.63) is 12.3 Å². The highest BCUT2D eigenvalue weighted by molar-refractivity contribution is 6.17. The van der Waals surface area contributed by atoms with E-state index in [1.807, 2.05) is 0 Å². The molecule has 5 rings (SSSR count). The van der Waals surface area contributed by atoms with Gasteiger partial charge in [0, 0.05) is 35.9 Å². The molecule has 0 aliphatic heterocycles. The molecule has 0 spiro atoms. The van der Waals surface area contributed by atoms with Crippen LogP contribution in [0.5, 0.6) is 0 Å². The van der Waals surface area contributed by atoms with E-state index in [-0.39, 0.29) is 59.1 Å². The maximum absolute atomic E-state index is 13.9. The van der Waals surface area contributed by atoms with Gasteiger partial charge in [0.05, 0.1) is 0 Å². The van der Waals surface area contributed by atoms with E-state index in [0.29, 0.717) is 0 Å². The van der Waals surface area contributed by atoms with Crippen LogP contribution in [0.15, 0.2) is 12.3 Å². The molecule has 0 aromatic carbocycles. The minimum absolute atomic E-state index is 0.0153. The first kappa shape index (κ1) is 28.9. The van der Waals surface area contributed by atoms with Gasteiger partial charge >= 0.3 is 0 Å². The third kappa shape index (κ3) is 6.63. The molecule has 8 heteroatoms. The lowest BCUT2D eigenvalue weighted by Gasteiger charge is -2.32. The lowest BCUT2D eigenvalue weighted by atomic mass is 9.86. The summed E-state index contributed by atoms with van der Waals surface area (Å²) in [6.07, 6.45) is 19.9. The summed E-state index contributed by atoms with van der Waals surface area (Å²) in [7, 11) is 0. The molecule has 4 amide bonds. The van der Waals surface area contributed by atoms with E-state index in [1.54, 1.807) is 6.07 Å². The van der Waals surface area contributed by atoms with Gasteiger partial charge in [0.1, 0.15) is 5.82 Å². The second-order valence-electron chi connectivity index (χ2n) is 12.6. The molecule has 0 N–H and O–H groups in total. The maximum atomic E-state index is 13.9. The molecule has 1 aromatic rings. The zero-order valence-corrected chi connectivity index (χ0v) is 24.0. The van der Waals surface area contributed by atoms with Crippen LogP contribution in [0.2, 0.25) is 0 Å². The summed E-state index contributed by atoms with van der Waals surface area (Å²) < 4.78 is 0. The Morgan fingerprint density at radius 1 is 0.500 bits per heavy atom. The van der Waals surface area contributed by atoms with Crippen molar-refractivity contribution in [3.8, 4) is 0 Å². The molecule has 0 saturated heterocycles. The highest BCUT2D eigenvalue weighted by Gasteiger charge is 2.39. The number of amides is 4. The van der Waals surface area contributed by atoms with E-state index in [0.717, 1.165) is 128 Å². The van der Waals surface area contributed by atoms with Crippen LogP contribution >= 0.6 is 0 Å². The lowest BCUT2D eigenvalue weighted by molar-refractivity contribution is -0.133. The predicted molar refractivity (Wildman–Crippen MR) is 153 cm³/mol. The van der Waals surface area contributed by atoms with Crippen LogP contribution < -0.4 is 9.80 Å². The van der Waals surface area contributed by atoms with Crippen molar-refractivity contribution >= 4 is 35.4 Å². The van der Waals surface area contributed by atoms with Crippen LogP contribution in [0.3, 0.4) is 0 Å². The molecule has 4 fully saturated rings. The Hall–Kier alpha value is -2.64. The van der Waals surface area contributed by atoms with Gasteiger partial charge in [-0.05, 0) is 51.4 Å². The van der Waals surface area contributed by atoms with Crippen molar-refractivity contribution in [1.82, 2.24) is 9.97 Å². The summed E-state index contributed by atoms with van der Waals surface area (Å²) in [5.74, 6) is -1.47. The fraction of sp³-hybridized carbons (Fsp3) is 0.750. The first-order valence-electron chi connectivity index (χ1n) is 16.1.